The summed E-state index contributed by atoms with van der Waals surface area (Å²) in [6.45, 7) is 0. The van der Waals surface area contributed by atoms with Crippen LogP contribution in [0.4, 0.5) is 11.8 Å². The lowest BCUT2D eigenvalue weighted by Gasteiger charge is -2.14. The van der Waals surface area contributed by atoms with Crippen LogP contribution in [0.25, 0.3) is 32.9 Å². The fourth-order valence-electron chi connectivity index (χ4n) is 3.08. The van der Waals surface area contributed by atoms with Gasteiger partial charge in [-0.2, -0.15) is 4.98 Å². The van der Waals surface area contributed by atoms with Gasteiger partial charge in [-0.25, -0.2) is 4.98 Å². The van der Waals surface area contributed by atoms with E-state index in [1.54, 1.807) is 12.1 Å². The van der Waals surface area contributed by atoms with E-state index in [9.17, 15) is 5.11 Å². The average molecular weight is 431 g/mol. The molecule has 24 heavy (non-hydrogen) atoms. The fraction of sp³-hybridized carbons (Fsp3) is 0.0588. The molecule has 0 spiro atoms. The second-order valence-electron chi connectivity index (χ2n) is 5.62. The van der Waals surface area contributed by atoms with Crippen molar-refractivity contribution >= 4 is 56.2 Å². The van der Waals surface area contributed by atoms with E-state index in [1.807, 2.05) is 31.4 Å². The van der Waals surface area contributed by atoms with Crippen molar-refractivity contribution in [1.29, 1.82) is 0 Å². The number of hydrogen-bond donors (Lipinski definition) is 3. The minimum atomic E-state index is 0.157. The first kappa shape index (κ1) is 15.0. The SMILES string of the molecule is Cn1ccc2c3c(N)nc(N)nc3c(I)c(-c3ccc(O)cc3)c21. The number of phenols is 1. The Kier molecular flexibility index (Phi) is 3.27. The summed E-state index contributed by atoms with van der Waals surface area (Å²) >= 11 is 2.27. The van der Waals surface area contributed by atoms with Gasteiger partial charge in [0.25, 0.3) is 0 Å². The first-order valence-corrected chi connectivity index (χ1v) is 8.34. The zero-order valence-corrected chi connectivity index (χ0v) is 14.9. The van der Waals surface area contributed by atoms with E-state index in [0.717, 1.165) is 36.5 Å². The molecule has 7 heteroatoms. The molecule has 0 saturated carbocycles. The molecule has 0 aliphatic heterocycles. The fourth-order valence-corrected chi connectivity index (χ4v) is 4.03. The molecule has 0 aliphatic rings. The number of anilines is 2. The molecule has 0 amide bonds. The molecular formula is C17H14IN5O. The maximum atomic E-state index is 9.58. The third kappa shape index (κ3) is 2.08. The Morgan fingerprint density at radius 3 is 2.50 bits per heavy atom. The maximum Gasteiger partial charge on any atom is 0.222 e. The van der Waals surface area contributed by atoms with Crippen LogP contribution < -0.4 is 11.5 Å². The highest BCUT2D eigenvalue weighted by atomic mass is 127. The van der Waals surface area contributed by atoms with E-state index in [0.29, 0.717) is 5.82 Å². The lowest BCUT2D eigenvalue weighted by molar-refractivity contribution is 0.475. The predicted molar refractivity (Wildman–Crippen MR) is 105 cm³/mol. The van der Waals surface area contributed by atoms with Gasteiger partial charge in [0.15, 0.2) is 0 Å². The van der Waals surface area contributed by atoms with Crippen molar-refractivity contribution in [3.05, 3.63) is 40.1 Å². The number of nitrogens with two attached hydrogens (primary N) is 2. The third-order valence-corrected chi connectivity index (χ3v) is 5.17. The summed E-state index contributed by atoms with van der Waals surface area (Å²) in [6.07, 6.45) is 1.99. The van der Waals surface area contributed by atoms with Gasteiger partial charge in [-0.3, -0.25) is 0 Å². The molecule has 5 N–H and O–H groups in total. The lowest BCUT2D eigenvalue weighted by Crippen LogP contribution is -2.03. The molecule has 4 rings (SSSR count). The van der Waals surface area contributed by atoms with E-state index in [-0.39, 0.29) is 11.7 Å². The van der Waals surface area contributed by atoms with Crippen LogP contribution >= 0.6 is 22.6 Å². The van der Waals surface area contributed by atoms with E-state index in [2.05, 4.69) is 37.1 Å². The van der Waals surface area contributed by atoms with Crippen molar-refractivity contribution in [1.82, 2.24) is 14.5 Å². The lowest BCUT2D eigenvalue weighted by atomic mass is 9.99. The van der Waals surface area contributed by atoms with Crippen molar-refractivity contribution in [2.24, 2.45) is 7.05 Å². The Morgan fingerprint density at radius 2 is 1.79 bits per heavy atom. The number of nitrogen functional groups attached to an aromatic ring is 2. The summed E-state index contributed by atoms with van der Waals surface area (Å²) in [5.41, 5.74) is 15.7. The molecule has 120 valence electrons. The summed E-state index contributed by atoms with van der Waals surface area (Å²) in [5.74, 6) is 0.766. The number of aryl methyl sites for hydroxylation is 1. The molecule has 0 fully saturated rings. The Labute approximate surface area is 151 Å². The molecule has 0 aliphatic carbocycles. The van der Waals surface area contributed by atoms with Crippen LogP contribution in [0.1, 0.15) is 0 Å². The van der Waals surface area contributed by atoms with Crippen molar-refractivity contribution in [3.63, 3.8) is 0 Å². The number of fused-ring (bicyclic) bond motifs is 3. The van der Waals surface area contributed by atoms with Gasteiger partial charge >= 0.3 is 0 Å². The number of rotatable bonds is 1. The summed E-state index contributed by atoms with van der Waals surface area (Å²) in [6, 6.07) is 9.13. The first-order valence-electron chi connectivity index (χ1n) is 7.26. The van der Waals surface area contributed by atoms with Gasteiger partial charge in [0.2, 0.25) is 5.95 Å². The molecule has 2 heterocycles. The van der Waals surface area contributed by atoms with E-state index < -0.39 is 0 Å². The summed E-state index contributed by atoms with van der Waals surface area (Å²) in [5, 5.41) is 11.4. The average Bonchev–Trinajstić information content (AvgIpc) is 2.90. The van der Waals surface area contributed by atoms with Crippen LogP contribution in [-0.4, -0.2) is 19.6 Å². The van der Waals surface area contributed by atoms with E-state index in [1.165, 1.54) is 0 Å². The number of benzene rings is 2. The molecule has 0 atom stereocenters. The van der Waals surface area contributed by atoms with Crippen LogP contribution in [0.3, 0.4) is 0 Å². The normalized spacial score (nSPS) is 11.4. The second kappa shape index (κ2) is 5.23. The largest absolute Gasteiger partial charge is 0.508 e. The molecular weight excluding hydrogens is 417 g/mol. The van der Waals surface area contributed by atoms with Crippen LogP contribution in [0.15, 0.2) is 36.5 Å². The Hall–Kier alpha value is -2.55. The summed E-state index contributed by atoms with van der Waals surface area (Å²) in [4.78, 5) is 8.53. The van der Waals surface area contributed by atoms with Crippen molar-refractivity contribution in [2.45, 2.75) is 0 Å². The monoisotopic (exact) mass is 431 g/mol. The number of aromatic nitrogens is 3. The molecule has 0 unspecified atom stereocenters. The van der Waals surface area contributed by atoms with Crippen LogP contribution in [0, 0.1) is 3.57 Å². The number of phenolic OH excluding ortho intramolecular Hbond substituents is 1. The second-order valence-corrected chi connectivity index (χ2v) is 6.69. The highest BCUT2D eigenvalue weighted by molar-refractivity contribution is 14.1. The number of aromatic hydroxyl groups is 1. The van der Waals surface area contributed by atoms with Gasteiger partial charge in [0, 0.05) is 27.8 Å². The van der Waals surface area contributed by atoms with Crippen LogP contribution in [0.5, 0.6) is 5.75 Å². The topological polar surface area (TPSA) is 103 Å². The van der Waals surface area contributed by atoms with Gasteiger partial charge in [0.05, 0.1) is 16.4 Å². The molecule has 4 aromatic rings. The van der Waals surface area contributed by atoms with Crippen LogP contribution in [0.2, 0.25) is 0 Å². The maximum absolute atomic E-state index is 9.58. The Balaban J connectivity index is 2.25. The van der Waals surface area contributed by atoms with Crippen LogP contribution in [-0.2, 0) is 7.05 Å². The Bertz CT molecular complexity index is 1100. The minimum Gasteiger partial charge on any atom is -0.508 e. The molecule has 6 nitrogen and oxygen atoms in total. The highest BCUT2D eigenvalue weighted by Crippen LogP contribution is 2.41. The van der Waals surface area contributed by atoms with E-state index in [4.69, 9.17) is 11.5 Å². The third-order valence-electron chi connectivity index (χ3n) is 4.12. The van der Waals surface area contributed by atoms with Gasteiger partial charge in [0.1, 0.15) is 11.6 Å². The van der Waals surface area contributed by atoms with Gasteiger partial charge < -0.3 is 21.1 Å². The molecule has 0 radical (unpaired) electrons. The van der Waals surface area contributed by atoms with Gasteiger partial charge in [-0.15, -0.1) is 0 Å². The highest BCUT2D eigenvalue weighted by Gasteiger charge is 2.20. The molecule has 2 aromatic heterocycles. The molecule has 2 aromatic carbocycles. The molecule has 0 bridgehead atoms. The van der Waals surface area contributed by atoms with Gasteiger partial charge in [-0.05, 0) is 46.4 Å². The summed E-state index contributed by atoms with van der Waals surface area (Å²) in [7, 11) is 1.99. The number of halogens is 1. The van der Waals surface area contributed by atoms with E-state index >= 15 is 0 Å². The Morgan fingerprint density at radius 1 is 1.08 bits per heavy atom. The van der Waals surface area contributed by atoms with Crippen molar-refractivity contribution < 1.29 is 5.11 Å². The number of nitrogens with zero attached hydrogens (tertiary/aromatic N) is 3. The van der Waals surface area contributed by atoms with Crippen molar-refractivity contribution in [2.75, 3.05) is 11.5 Å². The molecule has 0 saturated heterocycles. The standard InChI is InChI=1S/C17H14IN5O/c1-23-7-6-10-12-14(21-17(20)22-16(12)19)13(18)11(15(10)23)8-2-4-9(24)5-3-8/h2-7,24H,1H3,(H4,19,20,21,22). The minimum absolute atomic E-state index is 0.157. The zero-order chi connectivity index (χ0) is 17.0. The zero-order valence-electron chi connectivity index (χ0n) is 12.8. The van der Waals surface area contributed by atoms with Gasteiger partial charge in [-0.1, -0.05) is 12.1 Å². The first-order chi connectivity index (χ1) is 11.5. The number of hydrogen-bond acceptors (Lipinski definition) is 5. The summed E-state index contributed by atoms with van der Waals surface area (Å²) < 4.78 is 3.00. The quantitative estimate of drug-likeness (QED) is 0.402. The smallest absolute Gasteiger partial charge is 0.222 e. The van der Waals surface area contributed by atoms with Crippen molar-refractivity contribution in [3.8, 4) is 16.9 Å². The predicted octanol–water partition coefficient (Wildman–Crippen LogP) is 3.26.